The minimum atomic E-state index is -0.510. The number of aliphatic hydroxyl groups excluding tert-OH is 1. The predicted molar refractivity (Wildman–Crippen MR) is 140 cm³/mol. The van der Waals surface area contributed by atoms with Crippen LogP contribution in [0.15, 0.2) is 24.5 Å². The van der Waals surface area contributed by atoms with E-state index >= 15 is 0 Å². The molecular formula is C28H35N5O4. The van der Waals surface area contributed by atoms with E-state index in [-0.39, 0.29) is 29.8 Å². The van der Waals surface area contributed by atoms with E-state index in [9.17, 15) is 9.59 Å². The summed E-state index contributed by atoms with van der Waals surface area (Å²) in [6.07, 6.45) is 6.17. The third kappa shape index (κ3) is 5.46. The maximum atomic E-state index is 13.5. The van der Waals surface area contributed by atoms with E-state index in [1.165, 1.54) is 19.2 Å². The summed E-state index contributed by atoms with van der Waals surface area (Å²) in [5.41, 5.74) is 5.27. The number of nitrogens with zero attached hydrogens (tertiary/aromatic N) is 2. The summed E-state index contributed by atoms with van der Waals surface area (Å²) in [6.45, 7) is 6.17. The molecule has 2 heterocycles. The summed E-state index contributed by atoms with van der Waals surface area (Å²) in [5, 5.41) is 15.1. The third-order valence-corrected chi connectivity index (χ3v) is 7.55. The monoisotopic (exact) mass is 505 g/mol. The van der Waals surface area contributed by atoms with Crippen LogP contribution in [-0.2, 0) is 4.79 Å². The van der Waals surface area contributed by atoms with E-state index in [0.29, 0.717) is 23.6 Å². The number of rotatable bonds is 8. The maximum Gasteiger partial charge on any atom is 0.255 e. The number of nitrogens with one attached hydrogen (secondary N) is 3. The summed E-state index contributed by atoms with van der Waals surface area (Å²) in [5.74, 6) is 1.07. The fourth-order valence-electron chi connectivity index (χ4n) is 5.30. The van der Waals surface area contributed by atoms with Gasteiger partial charge in [-0.25, -0.2) is 9.97 Å². The topological polar surface area (TPSA) is 129 Å². The Bertz CT molecular complexity index is 1320. The smallest absolute Gasteiger partial charge is 0.255 e. The fraction of sp³-hybridized carbons (Fsp3) is 0.500. The average Bonchev–Trinajstić information content (AvgIpc) is 3.64. The van der Waals surface area contributed by atoms with Gasteiger partial charge in [0.05, 0.1) is 17.7 Å². The van der Waals surface area contributed by atoms with Gasteiger partial charge in [0, 0.05) is 23.3 Å². The van der Waals surface area contributed by atoms with E-state index in [1.807, 2.05) is 26.0 Å². The second kappa shape index (κ2) is 10.5. The van der Waals surface area contributed by atoms with Crippen LogP contribution in [-0.4, -0.2) is 57.2 Å². The van der Waals surface area contributed by atoms with Crippen molar-refractivity contribution in [2.75, 3.05) is 13.2 Å². The number of ether oxygens (including phenoxy) is 1. The van der Waals surface area contributed by atoms with Gasteiger partial charge in [0.15, 0.2) is 0 Å². The predicted octanol–water partition coefficient (Wildman–Crippen LogP) is 3.43. The fourth-order valence-corrected chi connectivity index (χ4v) is 5.30. The van der Waals surface area contributed by atoms with Crippen LogP contribution in [0.1, 0.15) is 60.6 Å². The zero-order valence-corrected chi connectivity index (χ0v) is 21.6. The number of carbonyl (C=O) groups excluding carboxylic acids is 2. The molecule has 2 amide bonds. The number of aromatic nitrogens is 3. The standard InChI is InChI=1S/C28H35N5O4/c1-15-4-9-22(37-13-18-5-6-18)20(10-15)25-27-26(30-14-29-25)24(17(3)31-27)28(36)32-19-7-8-21(16(2)11-19)33-23(35)12-34/h4,9-10,14,16,18-19,21,31,34H,5-8,11-13H2,1-3H3,(H,32,36)(H,33,35). The molecule has 2 aliphatic rings. The molecule has 3 atom stereocenters. The summed E-state index contributed by atoms with van der Waals surface area (Å²) in [4.78, 5) is 37.5. The molecular weight excluding hydrogens is 470 g/mol. The number of aliphatic hydroxyl groups is 1. The molecule has 196 valence electrons. The summed E-state index contributed by atoms with van der Waals surface area (Å²) < 4.78 is 6.16. The van der Waals surface area contributed by atoms with Gasteiger partial charge in [0.25, 0.3) is 5.91 Å². The van der Waals surface area contributed by atoms with Crippen molar-refractivity contribution in [3.05, 3.63) is 41.3 Å². The summed E-state index contributed by atoms with van der Waals surface area (Å²) in [7, 11) is 0. The normalized spacial score (nSPS) is 21.6. The number of aromatic amines is 1. The molecule has 2 aliphatic carbocycles. The van der Waals surface area contributed by atoms with E-state index in [2.05, 4.69) is 38.6 Å². The molecule has 3 aromatic rings. The van der Waals surface area contributed by atoms with Crippen LogP contribution in [0.2, 0.25) is 0 Å². The number of fused-ring (bicyclic) bond motifs is 1. The molecule has 37 heavy (non-hydrogen) atoms. The van der Waals surface area contributed by atoms with Gasteiger partial charge < -0.3 is 25.5 Å². The Balaban J connectivity index is 1.38. The maximum absolute atomic E-state index is 13.5. The molecule has 9 nitrogen and oxygen atoms in total. The lowest BCUT2D eigenvalue weighted by Gasteiger charge is -2.34. The van der Waals surface area contributed by atoms with E-state index in [0.717, 1.165) is 53.0 Å². The van der Waals surface area contributed by atoms with Crippen LogP contribution in [0.4, 0.5) is 0 Å². The van der Waals surface area contributed by atoms with Gasteiger partial charge in [0.2, 0.25) is 5.91 Å². The first-order valence-corrected chi connectivity index (χ1v) is 13.1. The molecule has 0 radical (unpaired) electrons. The Morgan fingerprint density at radius 3 is 2.68 bits per heavy atom. The summed E-state index contributed by atoms with van der Waals surface area (Å²) in [6, 6.07) is 6.09. The van der Waals surface area contributed by atoms with Crippen LogP contribution in [0, 0.1) is 25.7 Å². The Labute approximate surface area is 216 Å². The summed E-state index contributed by atoms with van der Waals surface area (Å²) >= 11 is 0. The molecule has 3 unspecified atom stereocenters. The first kappa shape index (κ1) is 25.2. The molecule has 0 saturated heterocycles. The second-order valence-corrected chi connectivity index (χ2v) is 10.6. The van der Waals surface area contributed by atoms with Crippen molar-refractivity contribution in [3.8, 4) is 17.0 Å². The molecule has 5 rings (SSSR count). The number of amides is 2. The van der Waals surface area contributed by atoms with Gasteiger partial charge in [-0.1, -0.05) is 18.6 Å². The third-order valence-electron chi connectivity index (χ3n) is 7.55. The molecule has 2 saturated carbocycles. The number of H-pyrrole nitrogens is 1. The molecule has 2 aromatic heterocycles. The van der Waals surface area contributed by atoms with Gasteiger partial charge in [-0.05, 0) is 69.9 Å². The van der Waals surface area contributed by atoms with Crippen LogP contribution < -0.4 is 15.4 Å². The van der Waals surface area contributed by atoms with Gasteiger partial charge in [0.1, 0.15) is 29.9 Å². The van der Waals surface area contributed by atoms with Gasteiger partial charge in [-0.15, -0.1) is 0 Å². The Morgan fingerprint density at radius 2 is 1.95 bits per heavy atom. The van der Waals surface area contributed by atoms with Crippen molar-refractivity contribution < 1.29 is 19.4 Å². The van der Waals surface area contributed by atoms with Crippen LogP contribution in [0.5, 0.6) is 5.75 Å². The van der Waals surface area contributed by atoms with Crippen LogP contribution >= 0.6 is 0 Å². The number of carbonyl (C=O) groups is 2. The highest BCUT2D eigenvalue weighted by atomic mass is 16.5. The SMILES string of the molecule is Cc1ccc(OCC2CC2)c(-c2ncnc3c(C(=O)NC4CCC(NC(=O)CO)C(C)C4)c(C)[nH]c23)c1. The van der Waals surface area contributed by atoms with Crippen molar-refractivity contribution in [2.24, 2.45) is 11.8 Å². The Morgan fingerprint density at radius 1 is 1.14 bits per heavy atom. The number of hydrogen-bond donors (Lipinski definition) is 4. The molecule has 0 spiro atoms. The molecule has 0 aliphatic heterocycles. The number of hydrogen-bond acceptors (Lipinski definition) is 6. The van der Waals surface area contributed by atoms with Crippen LogP contribution in [0.25, 0.3) is 22.3 Å². The highest BCUT2D eigenvalue weighted by molar-refractivity contribution is 6.09. The van der Waals surface area contributed by atoms with Crippen molar-refractivity contribution in [1.82, 2.24) is 25.6 Å². The highest BCUT2D eigenvalue weighted by Crippen LogP contribution is 2.37. The minimum Gasteiger partial charge on any atom is -0.493 e. The van der Waals surface area contributed by atoms with Gasteiger partial charge in [-0.2, -0.15) is 0 Å². The first-order chi connectivity index (χ1) is 17.8. The molecule has 1 aromatic carbocycles. The van der Waals surface area contributed by atoms with Gasteiger partial charge in [-0.3, -0.25) is 9.59 Å². The minimum absolute atomic E-state index is 0.00332. The lowest BCUT2D eigenvalue weighted by Crippen LogP contribution is -2.48. The molecule has 4 N–H and O–H groups in total. The largest absolute Gasteiger partial charge is 0.493 e. The second-order valence-electron chi connectivity index (χ2n) is 10.6. The van der Waals surface area contributed by atoms with E-state index in [4.69, 9.17) is 9.84 Å². The molecule has 0 bridgehead atoms. The Kier molecular flexibility index (Phi) is 7.15. The van der Waals surface area contributed by atoms with Gasteiger partial charge >= 0.3 is 0 Å². The Hall–Kier alpha value is -3.46. The quantitative estimate of drug-likeness (QED) is 0.371. The van der Waals surface area contributed by atoms with Crippen molar-refractivity contribution >= 4 is 22.8 Å². The number of benzene rings is 1. The zero-order valence-electron chi connectivity index (χ0n) is 21.6. The molecule has 2 fully saturated rings. The lowest BCUT2D eigenvalue weighted by atomic mass is 9.82. The lowest BCUT2D eigenvalue weighted by molar-refractivity contribution is -0.125. The molecule has 9 heteroatoms. The van der Waals surface area contributed by atoms with Crippen molar-refractivity contribution in [2.45, 2.75) is 65.0 Å². The number of aryl methyl sites for hydroxylation is 2. The van der Waals surface area contributed by atoms with E-state index in [1.54, 1.807) is 0 Å². The first-order valence-electron chi connectivity index (χ1n) is 13.1. The highest BCUT2D eigenvalue weighted by Gasteiger charge is 2.31. The van der Waals surface area contributed by atoms with Crippen molar-refractivity contribution in [3.63, 3.8) is 0 Å². The van der Waals surface area contributed by atoms with Crippen molar-refractivity contribution in [1.29, 1.82) is 0 Å². The zero-order chi connectivity index (χ0) is 26.1. The van der Waals surface area contributed by atoms with E-state index < -0.39 is 6.61 Å². The van der Waals surface area contributed by atoms with Crippen LogP contribution in [0.3, 0.4) is 0 Å². The average molecular weight is 506 g/mol.